The highest BCUT2D eigenvalue weighted by Crippen LogP contribution is 2.44. The molecule has 1 aromatic heterocycles. The van der Waals surface area contributed by atoms with Gasteiger partial charge in [-0.2, -0.15) is 0 Å². The maximum atomic E-state index is 4.49. The average molecular weight is 307 g/mol. The number of pyridine rings is 1. The van der Waals surface area contributed by atoms with Crippen molar-refractivity contribution in [1.29, 1.82) is 0 Å². The van der Waals surface area contributed by atoms with Gasteiger partial charge in [-0.05, 0) is 50.7 Å². The summed E-state index contributed by atoms with van der Waals surface area (Å²) in [6.45, 7) is 5.66. The van der Waals surface area contributed by atoms with Crippen LogP contribution >= 0.6 is 0 Å². The Balaban J connectivity index is 1.61. The van der Waals surface area contributed by atoms with Crippen molar-refractivity contribution in [2.45, 2.75) is 31.7 Å². The molecule has 0 bridgehead atoms. The third-order valence-corrected chi connectivity index (χ3v) is 5.41. The van der Waals surface area contributed by atoms with Crippen LogP contribution in [0.3, 0.4) is 0 Å². The van der Waals surface area contributed by atoms with Crippen LogP contribution in [0.15, 0.2) is 42.6 Å². The number of fused-ring (bicyclic) bond motifs is 3. The van der Waals surface area contributed by atoms with Crippen molar-refractivity contribution in [2.24, 2.45) is 0 Å². The van der Waals surface area contributed by atoms with Crippen molar-refractivity contribution in [2.75, 3.05) is 31.6 Å². The van der Waals surface area contributed by atoms with E-state index in [-0.39, 0.29) is 0 Å². The highest BCUT2D eigenvalue weighted by Gasteiger charge is 2.40. The first kappa shape index (κ1) is 14.7. The fourth-order valence-electron chi connectivity index (χ4n) is 4.26. The second-order valence-electron chi connectivity index (χ2n) is 7.05. The molecule has 0 saturated carbocycles. The zero-order valence-corrected chi connectivity index (χ0v) is 14.1. The van der Waals surface area contributed by atoms with Gasteiger partial charge in [0.1, 0.15) is 0 Å². The Labute approximate surface area is 139 Å². The summed E-state index contributed by atoms with van der Waals surface area (Å²) in [6.07, 6.45) is 4.18. The Kier molecular flexibility index (Phi) is 3.82. The maximum absolute atomic E-state index is 4.49. The lowest BCUT2D eigenvalue weighted by molar-refractivity contribution is 0.231. The Hall–Kier alpha value is -1.87. The molecule has 2 aromatic rings. The van der Waals surface area contributed by atoms with Gasteiger partial charge < -0.3 is 9.80 Å². The van der Waals surface area contributed by atoms with Crippen LogP contribution in [0.5, 0.6) is 0 Å². The van der Waals surface area contributed by atoms with E-state index < -0.39 is 0 Å². The number of likely N-dealkylation sites (N-methyl/N-ethyl adjacent to an activating group) is 1. The lowest BCUT2D eigenvalue weighted by atomic mass is 9.89. The lowest BCUT2D eigenvalue weighted by Gasteiger charge is -2.37. The van der Waals surface area contributed by atoms with Gasteiger partial charge in [0.2, 0.25) is 0 Å². The summed E-state index contributed by atoms with van der Waals surface area (Å²) in [4.78, 5) is 9.63. The molecule has 2 unspecified atom stereocenters. The maximum Gasteiger partial charge on any atom is 0.0421 e. The standard InChI is InChI=1S/C20H25N3/c1-15-6-7-19-17(13-15)18-14-22(2)11-9-20(18)23(19)12-8-16-5-3-4-10-21-16/h3-7,10,13,18,20H,8-9,11-12,14H2,1-2H3. The van der Waals surface area contributed by atoms with E-state index in [9.17, 15) is 0 Å². The van der Waals surface area contributed by atoms with Gasteiger partial charge in [-0.25, -0.2) is 0 Å². The second-order valence-corrected chi connectivity index (χ2v) is 7.05. The van der Waals surface area contributed by atoms with Gasteiger partial charge in [0.15, 0.2) is 0 Å². The number of hydrogen-bond acceptors (Lipinski definition) is 3. The lowest BCUT2D eigenvalue weighted by Crippen LogP contribution is -2.45. The van der Waals surface area contributed by atoms with Gasteiger partial charge in [-0.1, -0.05) is 23.8 Å². The molecular weight excluding hydrogens is 282 g/mol. The van der Waals surface area contributed by atoms with Gasteiger partial charge >= 0.3 is 0 Å². The molecule has 2 aliphatic heterocycles. The summed E-state index contributed by atoms with van der Waals surface area (Å²) in [5.74, 6) is 0.660. The summed E-state index contributed by atoms with van der Waals surface area (Å²) >= 11 is 0. The molecule has 1 aromatic carbocycles. The Morgan fingerprint density at radius 1 is 1.22 bits per heavy atom. The van der Waals surface area contributed by atoms with Crippen LogP contribution in [0, 0.1) is 6.92 Å². The topological polar surface area (TPSA) is 19.4 Å². The second kappa shape index (κ2) is 5.97. The number of nitrogens with zero attached hydrogens (tertiary/aromatic N) is 3. The largest absolute Gasteiger partial charge is 0.367 e. The number of anilines is 1. The Morgan fingerprint density at radius 2 is 2.13 bits per heavy atom. The minimum Gasteiger partial charge on any atom is -0.367 e. The molecule has 0 aliphatic carbocycles. The molecule has 2 atom stereocenters. The molecule has 2 aliphatic rings. The van der Waals surface area contributed by atoms with Gasteiger partial charge in [0.05, 0.1) is 0 Å². The van der Waals surface area contributed by atoms with Crippen molar-refractivity contribution < 1.29 is 0 Å². The van der Waals surface area contributed by atoms with Crippen LogP contribution in [-0.2, 0) is 6.42 Å². The van der Waals surface area contributed by atoms with E-state index in [1.807, 2.05) is 12.3 Å². The normalized spacial score (nSPS) is 23.7. The average Bonchev–Trinajstić information content (AvgIpc) is 2.86. The fourth-order valence-corrected chi connectivity index (χ4v) is 4.26. The molecule has 3 nitrogen and oxygen atoms in total. The highest BCUT2D eigenvalue weighted by molar-refractivity contribution is 5.63. The molecule has 0 N–H and O–H groups in total. The number of aryl methyl sites for hydroxylation is 1. The van der Waals surface area contributed by atoms with Crippen LogP contribution in [0.2, 0.25) is 0 Å². The first-order valence-electron chi connectivity index (χ1n) is 8.68. The summed E-state index contributed by atoms with van der Waals surface area (Å²) in [7, 11) is 2.25. The number of piperidine rings is 1. The number of hydrogen-bond donors (Lipinski definition) is 0. The Morgan fingerprint density at radius 3 is 2.96 bits per heavy atom. The van der Waals surface area contributed by atoms with Crippen LogP contribution in [0.1, 0.15) is 29.2 Å². The Bertz CT molecular complexity index is 683. The molecule has 23 heavy (non-hydrogen) atoms. The monoisotopic (exact) mass is 307 g/mol. The van der Waals surface area contributed by atoms with Crippen LogP contribution in [-0.4, -0.2) is 42.6 Å². The summed E-state index contributed by atoms with van der Waals surface area (Å²) < 4.78 is 0. The van der Waals surface area contributed by atoms with E-state index in [0.29, 0.717) is 12.0 Å². The van der Waals surface area contributed by atoms with Crippen molar-refractivity contribution in [3.63, 3.8) is 0 Å². The van der Waals surface area contributed by atoms with Gasteiger partial charge in [0.25, 0.3) is 0 Å². The quantitative estimate of drug-likeness (QED) is 0.868. The molecule has 1 saturated heterocycles. The molecule has 120 valence electrons. The zero-order valence-electron chi connectivity index (χ0n) is 14.1. The molecule has 4 rings (SSSR count). The number of aromatic nitrogens is 1. The van der Waals surface area contributed by atoms with Crippen molar-refractivity contribution in [3.8, 4) is 0 Å². The van der Waals surface area contributed by atoms with Crippen LogP contribution in [0.4, 0.5) is 5.69 Å². The SMILES string of the molecule is Cc1ccc2c(c1)C1CN(C)CCC1N2CCc1ccccn1. The number of rotatable bonds is 3. The molecular formula is C20H25N3. The molecule has 1 fully saturated rings. The number of benzene rings is 1. The van der Waals surface area contributed by atoms with E-state index in [1.54, 1.807) is 5.56 Å². The third kappa shape index (κ3) is 2.74. The zero-order chi connectivity index (χ0) is 15.8. The van der Waals surface area contributed by atoms with E-state index in [0.717, 1.165) is 13.0 Å². The van der Waals surface area contributed by atoms with E-state index in [4.69, 9.17) is 0 Å². The molecule has 0 radical (unpaired) electrons. The highest BCUT2D eigenvalue weighted by atomic mass is 15.2. The predicted octanol–water partition coefficient (Wildman–Crippen LogP) is 3.24. The van der Waals surface area contributed by atoms with Gasteiger partial charge in [0, 0.05) is 49.0 Å². The summed E-state index contributed by atoms with van der Waals surface area (Å²) in [6, 6.07) is 13.9. The fraction of sp³-hybridized carbons (Fsp3) is 0.450. The number of likely N-dealkylation sites (tertiary alicyclic amines) is 1. The summed E-state index contributed by atoms with van der Waals surface area (Å²) in [5, 5.41) is 0. The van der Waals surface area contributed by atoms with E-state index in [2.05, 4.69) is 59.1 Å². The third-order valence-electron chi connectivity index (χ3n) is 5.41. The first-order valence-corrected chi connectivity index (χ1v) is 8.68. The molecule has 3 heterocycles. The molecule has 0 spiro atoms. The van der Waals surface area contributed by atoms with Gasteiger partial charge in [-0.3, -0.25) is 4.98 Å². The summed E-state index contributed by atoms with van der Waals surface area (Å²) in [5.41, 5.74) is 5.58. The van der Waals surface area contributed by atoms with Crippen LogP contribution in [0.25, 0.3) is 0 Å². The van der Waals surface area contributed by atoms with Gasteiger partial charge in [-0.15, -0.1) is 0 Å². The first-order chi connectivity index (χ1) is 11.2. The predicted molar refractivity (Wildman–Crippen MR) is 95.1 cm³/mol. The van der Waals surface area contributed by atoms with E-state index >= 15 is 0 Å². The smallest absolute Gasteiger partial charge is 0.0421 e. The van der Waals surface area contributed by atoms with Crippen molar-refractivity contribution in [1.82, 2.24) is 9.88 Å². The molecule has 0 amide bonds. The van der Waals surface area contributed by atoms with E-state index in [1.165, 1.54) is 36.5 Å². The minimum atomic E-state index is 0.659. The van der Waals surface area contributed by atoms with Crippen LogP contribution < -0.4 is 4.90 Å². The minimum absolute atomic E-state index is 0.659. The molecule has 3 heteroatoms. The van der Waals surface area contributed by atoms with Crippen molar-refractivity contribution >= 4 is 5.69 Å². The van der Waals surface area contributed by atoms with Crippen molar-refractivity contribution in [3.05, 3.63) is 59.4 Å².